The number of allylic oxidation sites excluding steroid dienone is 3. The lowest BCUT2D eigenvalue weighted by Crippen LogP contribution is -2.43. The zero-order valence-electron chi connectivity index (χ0n) is 22.3. The lowest BCUT2D eigenvalue weighted by atomic mass is 9.87. The summed E-state index contributed by atoms with van der Waals surface area (Å²) in [4.78, 5) is 23.9. The third kappa shape index (κ3) is 6.80. The van der Waals surface area contributed by atoms with Gasteiger partial charge in [0.2, 0.25) is 0 Å². The molecular weight excluding hydrogens is 496 g/mol. The van der Waals surface area contributed by atoms with Gasteiger partial charge in [0.05, 0.1) is 11.8 Å². The quantitative estimate of drug-likeness (QED) is 0.291. The molecule has 9 heteroatoms. The summed E-state index contributed by atoms with van der Waals surface area (Å²) in [5.41, 5.74) is 13.4. The summed E-state index contributed by atoms with van der Waals surface area (Å²) < 4.78 is 5.21. The van der Waals surface area contributed by atoms with Gasteiger partial charge in [-0.25, -0.2) is 15.1 Å². The fourth-order valence-electron chi connectivity index (χ4n) is 4.80. The van der Waals surface area contributed by atoms with Crippen molar-refractivity contribution in [3.63, 3.8) is 0 Å². The summed E-state index contributed by atoms with van der Waals surface area (Å²) >= 11 is 0. The zero-order valence-corrected chi connectivity index (χ0v) is 22.3. The number of aliphatic hydroxyl groups is 1. The van der Waals surface area contributed by atoms with E-state index in [0.29, 0.717) is 41.8 Å². The van der Waals surface area contributed by atoms with Crippen molar-refractivity contribution >= 4 is 23.5 Å². The number of hydrogen-bond donors (Lipinski definition) is 5. The molecule has 2 atom stereocenters. The molecule has 0 fully saturated rings. The molecule has 0 bridgehead atoms. The molecule has 204 valence electrons. The van der Waals surface area contributed by atoms with E-state index in [1.54, 1.807) is 20.8 Å². The maximum Gasteiger partial charge on any atom is 0.408 e. The first kappa shape index (κ1) is 27.8. The Morgan fingerprint density at radius 3 is 2.41 bits per heavy atom. The van der Waals surface area contributed by atoms with Crippen LogP contribution in [0.25, 0.3) is 11.4 Å². The number of aliphatic carboxylic acids is 1. The summed E-state index contributed by atoms with van der Waals surface area (Å²) in [6.45, 7) is 5.15. The number of aliphatic hydroxyl groups excluding tert-OH is 1. The largest absolute Gasteiger partial charge is 0.480 e. The van der Waals surface area contributed by atoms with Crippen LogP contribution < -0.4 is 10.6 Å². The second-order valence-corrected chi connectivity index (χ2v) is 10.7. The molecule has 0 radical (unpaired) electrons. The Hall–Kier alpha value is -4.24. The van der Waals surface area contributed by atoms with Crippen LogP contribution in [0, 0.1) is 5.53 Å². The molecule has 39 heavy (non-hydrogen) atoms. The molecule has 4 rings (SSSR count). The average Bonchev–Trinajstić information content (AvgIpc) is 2.88. The normalized spacial score (nSPS) is 19.6. The molecule has 0 spiro atoms. The van der Waals surface area contributed by atoms with Crippen LogP contribution in [0.15, 0.2) is 77.1 Å². The Bertz CT molecular complexity index is 1370. The third-order valence-electron chi connectivity index (χ3n) is 6.60. The van der Waals surface area contributed by atoms with Crippen molar-refractivity contribution < 1.29 is 24.5 Å². The summed E-state index contributed by atoms with van der Waals surface area (Å²) in [7, 11) is 0. The van der Waals surface area contributed by atoms with Crippen molar-refractivity contribution in [3.8, 4) is 0 Å². The lowest BCUT2D eigenvalue weighted by molar-refractivity contribution is -0.139. The van der Waals surface area contributed by atoms with Gasteiger partial charge in [-0.3, -0.25) is 0 Å². The molecule has 2 unspecified atom stereocenters. The molecular formula is C30H34N4O5. The van der Waals surface area contributed by atoms with E-state index in [1.807, 2.05) is 60.7 Å². The highest BCUT2D eigenvalue weighted by atomic mass is 16.6. The number of nitrogens with one attached hydrogen (secondary N) is 3. The van der Waals surface area contributed by atoms with Crippen molar-refractivity contribution in [1.82, 2.24) is 10.6 Å². The number of amides is 1. The van der Waals surface area contributed by atoms with E-state index in [2.05, 4.69) is 15.7 Å². The fourth-order valence-corrected chi connectivity index (χ4v) is 4.80. The number of rotatable bonds is 7. The van der Waals surface area contributed by atoms with Gasteiger partial charge in [-0.05, 0) is 57.2 Å². The SMILES string of the molecule is CC(C)(C)OC(=O)NC(CC1=CC=C(N/C2=C(\N=N)c3ccccc3C(O)Cc3ccccc32)CC1)C(=O)O. The van der Waals surface area contributed by atoms with Gasteiger partial charge in [-0.2, -0.15) is 5.11 Å². The van der Waals surface area contributed by atoms with Gasteiger partial charge in [-0.1, -0.05) is 60.2 Å². The molecule has 0 aliphatic heterocycles. The topological polar surface area (TPSA) is 144 Å². The summed E-state index contributed by atoms with van der Waals surface area (Å²) in [5, 5.41) is 30.4. The van der Waals surface area contributed by atoms with Crippen LogP contribution in [0.1, 0.15) is 68.4 Å². The monoisotopic (exact) mass is 530 g/mol. The molecule has 2 aromatic carbocycles. The van der Waals surface area contributed by atoms with Crippen molar-refractivity contribution in [2.75, 3.05) is 0 Å². The van der Waals surface area contributed by atoms with Crippen LogP contribution in [0.3, 0.4) is 0 Å². The number of carboxylic acid groups (broad SMARTS) is 1. The van der Waals surface area contributed by atoms with E-state index in [0.717, 1.165) is 22.4 Å². The van der Waals surface area contributed by atoms with E-state index in [4.69, 9.17) is 10.3 Å². The van der Waals surface area contributed by atoms with E-state index in [9.17, 15) is 19.8 Å². The molecule has 2 aliphatic rings. The van der Waals surface area contributed by atoms with Crippen LogP contribution in [0.5, 0.6) is 0 Å². The Labute approximate surface area is 227 Å². The number of ether oxygens (including phenoxy) is 1. The first-order chi connectivity index (χ1) is 18.6. The first-order valence-electron chi connectivity index (χ1n) is 12.9. The van der Waals surface area contributed by atoms with Gasteiger partial charge in [-0.15, -0.1) is 0 Å². The fraction of sp³-hybridized carbons (Fsp3) is 0.333. The summed E-state index contributed by atoms with van der Waals surface area (Å²) in [6.07, 6.45) is 4.04. The van der Waals surface area contributed by atoms with Crippen LogP contribution in [0.2, 0.25) is 0 Å². The second-order valence-electron chi connectivity index (χ2n) is 10.7. The number of fused-ring (bicyclic) bond motifs is 2. The average molecular weight is 531 g/mol. The second kappa shape index (κ2) is 11.7. The summed E-state index contributed by atoms with van der Waals surface area (Å²) in [5.74, 6) is -1.13. The van der Waals surface area contributed by atoms with E-state index in [1.165, 1.54) is 0 Å². The molecule has 0 saturated carbocycles. The molecule has 5 N–H and O–H groups in total. The van der Waals surface area contributed by atoms with Crippen molar-refractivity contribution in [1.29, 1.82) is 5.53 Å². The Morgan fingerprint density at radius 2 is 1.77 bits per heavy atom. The van der Waals surface area contributed by atoms with Crippen molar-refractivity contribution in [3.05, 3.63) is 94.2 Å². The maximum absolute atomic E-state index is 12.1. The van der Waals surface area contributed by atoms with Gasteiger partial charge in [0.25, 0.3) is 0 Å². The number of benzene rings is 2. The number of nitrogens with zero attached hydrogens (tertiary/aromatic N) is 1. The van der Waals surface area contributed by atoms with E-state index < -0.39 is 29.8 Å². The molecule has 2 aliphatic carbocycles. The number of carboxylic acids is 1. The Kier molecular flexibility index (Phi) is 8.30. The van der Waals surface area contributed by atoms with Gasteiger partial charge in [0.15, 0.2) is 0 Å². The molecule has 0 aromatic heterocycles. The Balaban J connectivity index is 1.61. The standard InChI is InChI=1S/C30H34N4O5/c1-30(2,3)39-29(38)33-24(28(36)37)16-18-12-14-20(15-13-18)32-26-21-9-5-4-8-19(21)17-25(35)22-10-6-7-11-23(22)27(26)34-31/h4-12,14,24-25,31-32,35H,13,15-17H2,1-3H3,(H,33,38)(H,36,37)/b27-26-,34-31?. The summed E-state index contributed by atoms with van der Waals surface area (Å²) in [6, 6.07) is 14.1. The number of hydrogen-bond acceptors (Lipinski definition) is 7. The number of alkyl carbamates (subject to hydrolysis) is 1. The zero-order chi connectivity index (χ0) is 28.2. The van der Waals surface area contributed by atoms with E-state index >= 15 is 0 Å². The van der Waals surface area contributed by atoms with Gasteiger partial charge < -0.3 is 25.6 Å². The van der Waals surface area contributed by atoms with Crippen LogP contribution in [0.4, 0.5) is 4.79 Å². The number of carbonyl (C=O) groups excluding carboxylic acids is 1. The van der Waals surface area contributed by atoms with Crippen molar-refractivity contribution in [2.24, 2.45) is 5.11 Å². The highest BCUT2D eigenvalue weighted by Crippen LogP contribution is 2.37. The van der Waals surface area contributed by atoms with Crippen LogP contribution in [-0.2, 0) is 16.0 Å². The highest BCUT2D eigenvalue weighted by Gasteiger charge is 2.27. The first-order valence-corrected chi connectivity index (χ1v) is 12.9. The lowest BCUT2D eigenvalue weighted by Gasteiger charge is -2.26. The predicted octanol–water partition coefficient (Wildman–Crippen LogP) is 5.69. The molecule has 9 nitrogen and oxygen atoms in total. The Morgan fingerprint density at radius 1 is 1.08 bits per heavy atom. The van der Waals surface area contributed by atoms with Crippen LogP contribution in [-0.4, -0.2) is 33.9 Å². The minimum Gasteiger partial charge on any atom is -0.480 e. The van der Waals surface area contributed by atoms with Crippen molar-refractivity contribution in [2.45, 2.75) is 64.2 Å². The molecule has 1 amide bonds. The minimum atomic E-state index is -1.13. The molecule has 2 aromatic rings. The van der Waals surface area contributed by atoms with E-state index in [-0.39, 0.29) is 6.42 Å². The van der Waals surface area contributed by atoms with Gasteiger partial charge in [0, 0.05) is 23.2 Å². The highest BCUT2D eigenvalue weighted by molar-refractivity contribution is 5.92. The maximum atomic E-state index is 12.1. The molecule has 0 saturated heterocycles. The minimum absolute atomic E-state index is 0.155. The molecule has 0 heterocycles. The predicted molar refractivity (Wildman–Crippen MR) is 147 cm³/mol. The third-order valence-corrected chi connectivity index (χ3v) is 6.60. The van der Waals surface area contributed by atoms with Gasteiger partial charge in [0.1, 0.15) is 17.3 Å². The smallest absolute Gasteiger partial charge is 0.408 e. The van der Waals surface area contributed by atoms with Gasteiger partial charge >= 0.3 is 12.1 Å². The van der Waals surface area contributed by atoms with Crippen LogP contribution >= 0.6 is 0 Å². The number of carbonyl (C=O) groups is 2.